The lowest BCUT2D eigenvalue weighted by molar-refractivity contribution is -0.133. The minimum atomic E-state index is -2.91. The second kappa shape index (κ2) is 11.3. The maximum absolute atomic E-state index is 14.5. The van der Waals surface area contributed by atoms with E-state index in [2.05, 4.69) is 5.32 Å². The number of ether oxygens (including phenoxy) is 1. The standard InChI is InChI=1S/C28H31ClF3N3O5/c1-27(2,3)40-26(39)34-15-19(36)12-22(34)25(38)35(18-8-6-7-16(30)11-18)23(20-9-4-5-10-21(20)29)24(37)33-17-13-28(31,32)14-17/h4-11,17,19,22-23,36H,12-15H2,1-3H3,(H,33,37)/t19-,22+,23-/m1/s1. The molecule has 1 aliphatic heterocycles. The van der Waals surface area contributed by atoms with E-state index >= 15 is 0 Å². The zero-order chi connectivity index (χ0) is 29.4. The Kier molecular flexibility index (Phi) is 8.37. The average molecular weight is 582 g/mol. The predicted octanol–water partition coefficient (Wildman–Crippen LogP) is 4.84. The van der Waals surface area contributed by atoms with Crippen LogP contribution in [-0.2, 0) is 14.3 Å². The number of hydrogen-bond acceptors (Lipinski definition) is 5. The number of amides is 3. The van der Waals surface area contributed by atoms with Gasteiger partial charge in [0.05, 0.1) is 12.6 Å². The van der Waals surface area contributed by atoms with Crippen LogP contribution in [-0.4, -0.2) is 64.2 Å². The van der Waals surface area contributed by atoms with E-state index in [0.29, 0.717) is 0 Å². The van der Waals surface area contributed by atoms with Crippen LogP contribution in [0.1, 0.15) is 51.6 Å². The summed E-state index contributed by atoms with van der Waals surface area (Å²) in [5.41, 5.74) is -0.770. The Labute approximate surface area is 235 Å². The molecule has 12 heteroatoms. The molecule has 0 aromatic heterocycles. The molecule has 1 saturated heterocycles. The molecule has 1 aliphatic carbocycles. The van der Waals surface area contributed by atoms with Crippen molar-refractivity contribution in [3.8, 4) is 0 Å². The van der Waals surface area contributed by atoms with E-state index in [1.54, 1.807) is 32.9 Å². The molecule has 40 heavy (non-hydrogen) atoms. The second-order valence-electron chi connectivity index (χ2n) is 11.1. The lowest BCUT2D eigenvalue weighted by Gasteiger charge is -2.39. The third kappa shape index (κ3) is 6.69. The molecule has 1 saturated carbocycles. The lowest BCUT2D eigenvalue weighted by Crippen LogP contribution is -2.56. The fraction of sp³-hybridized carbons (Fsp3) is 0.464. The van der Waals surface area contributed by atoms with E-state index in [-0.39, 0.29) is 29.2 Å². The first kappa shape index (κ1) is 29.7. The zero-order valence-electron chi connectivity index (χ0n) is 22.2. The highest BCUT2D eigenvalue weighted by Gasteiger charge is 2.49. The summed E-state index contributed by atoms with van der Waals surface area (Å²) < 4.78 is 47.0. The number of likely N-dealkylation sites (tertiary alicyclic amines) is 1. The molecule has 0 radical (unpaired) electrons. The SMILES string of the molecule is CC(C)(C)OC(=O)N1C[C@H](O)C[C@H]1C(=O)N(c1cccc(F)c1)[C@@H](C(=O)NC1CC(F)(F)C1)c1ccccc1Cl. The Morgan fingerprint density at radius 2 is 1.82 bits per heavy atom. The number of carbonyl (C=O) groups is 3. The number of rotatable bonds is 6. The van der Waals surface area contributed by atoms with E-state index < -0.39 is 72.3 Å². The van der Waals surface area contributed by atoms with Gasteiger partial charge in [-0.15, -0.1) is 0 Å². The predicted molar refractivity (Wildman–Crippen MR) is 142 cm³/mol. The highest BCUT2D eigenvalue weighted by Crippen LogP contribution is 2.39. The van der Waals surface area contributed by atoms with Gasteiger partial charge in [-0.3, -0.25) is 19.4 Å². The molecule has 3 atom stereocenters. The number of β-amino-alcohol motifs (C(OH)–C–C–N with tert-alkyl or cyclic N) is 1. The number of aliphatic hydroxyl groups is 1. The smallest absolute Gasteiger partial charge is 0.411 e. The number of alkyl halides is 2. The van der Waals surface area contributed by atoms with Crippen LogP contribution >= 0.6 is 11.6 Å². The average Bonchev–Trinajstić information content (AvgIpc) is 3.22. The van der Waals surface area contributed by atoms with Gasteiger partial charge in [0.25, 0.3) is 11.8 Å². The van der Waals surface area contributed by atoms with E-state index in [1.165, 1.54) is 24.3 Å². The van der Waals surface area contributed by atoms with E-state index in [9.17, 15) is 32.7 Å². The van der Waals surface area contributed by atoms with Crippen LogP contribution in [0.15, 0.2) is 48.5 Å². The quantitative estimate of drug-likeness (QED) is 0.509. The van der Waals surface area contributed by atoms with Gasteiger partial charge < -0.3 is 15.2 Å². The molecule has 0 unspecified atom stereocenters. The first-order valence-corrected chi connectivity index (χ1v) is 13.2. The van der Waals surface area contributed by atoms with Crippen molar-refractivity contribution in [2.45, 2.75) is 75.8 Å². The van der Waals surface area contributed by atoms with Crippen molar-refractivity contribution in [3.63, 3.8) is 0 Å². The monoisotopic (exact) mass is 581 g/mol. The third-order valence-corrected chi connectivity index (χ3v) is 7.00. The molecule has 0 spiro atoms. The third-order valence-electron chi connectivity index (χ3n) is 6.66. The molecule has 2 aliphatic rings. The van der Waals surface area contributed by atoms with Crippen LogP contribution in [0.5, 0.6) is 0 Å². The molecule has 3 amide bonds. The molecule has 2 aromatic carbocycles. The second-order valence-corrected chi connectivity index (χ2v) is 11.5. The summed E-state index contributed by atoms with van der Waals surface area (Å²) in [7, 11) is 0. The van der Waals surface area contributed by atoms with Gasteiger partial charge in [0.2, 0.25) is 5.91 Å². The summed E-state index contributed by atoms with van der Waals surface area (Å²) in [5, 5.41) is 13.1. The van der Waals surface area contributed by atoms with E-state index in [4.69, 9.17) is 16.3 Å². The highest BCUT2D eigenvalue weighted by atomic mass is 35.5. The first-order chi connectivity index (χ1) is 18.6. The first-order valence-electron chi connectivity index (χ1n) is 12.8. The number of nitrogens with one attached hydrogen (secondary N) is 1. The van der Waals surface area contributed by atoms with Gasteiger partial charge in [0, 0.05) is 41.6 Å². The van der Waals surface area contributed by atoms with Crippen LogP contribution in [0, 0.1) is 5.82 Å². The largest absolute Gasteiger partial charge is 0.444 e. The summed E-state index contributed by atoms with van der Waals surface area (Å²) in [4.78, 5) is 43.1. The van der Waals surface area contributed by atoms with Crippen LogP contribution < -0.4 is 10.2 Å². The fourth-order valence-electron chi connectivity index (χ4n) is 4.90. The van der Waals surface area contributed by atoms with Gasteiger partial charge in [-0.1, -0.05) is 35.9 Å². The van der Waals surface area contributed by atoms with Gasteiger partial charge in [0.15, 0.2) is 0 Å². The van der Waals surface area contributed by atoms with Crippen molar-refractivity contribution in [2.24, 2.45) is 0 Å². The molecule has 216 valence electrons. The molecular formula is C28H31ClF3N3O5. The van der Waals surface area contributed by atoms with Crippen LogP contribution in [0.4, 0.5) is 23.7 Å². The summed E-state index contributed by atoms with van der Waals surface area (Å²) in [6, 6.07) is 7.48. The van der Waals surface area contributed by atoms with Crippen molar-refractivity contribution < 1.29 is 37.4 Å². The summed E-state index contributed by atoms with van der Waals surface area (Å²) in [5.74, 6) is -5.24. The summed E-state index contributed by atoms with van der Waals surface area (Å²) >= 11 is 6.46. The summed E-state index contributed by atoms with van der Waals surface area (Å²) in [6.45, 7) is 4.74. The molecule has 2 N–H and O–H groups in total. The van der Waals surface area contributed by atoms with Gasteiger partial charge in [-0.05, 0) is 45.0 Å². The number of carbonyl (C=O) groups excluding carboxylic acids is 3. The van der Waals surface area contributed by atoms with Gasteiger partial charge in [-0.2, -0.15) is 0 Å². The maximum Gasteiger partial charge on any atom is 0.411 e. The van der Waals surface area contributed by atoms with Crippen molar-refractivity contribution in [1.29, 1.82) is 0 Å². The normalized spacial score (nSPS) is 21.4. The van der Waals surface area contributed by atoms with Crippen molar-refractivity contribution >= 4 is 35.2 Å². The van der Waals surface area contributed by atoms with Gasteiger partial charge in [-0.25, -0.2) is 18.0 Å². The fourth-order valence-corrected chi connectivity index (χ4v) is 5.14. The topological polar surface area (TPSA) is 99.2 Å². The Bertz CT molecular complexity index is 1280. The number of anilines is 1. The Morgan fingerprint density at radius 3 is 2.42 bits per heavy atom. The molecule has 2 aromatic rings. The molecule has 8 nitrogen and oxygen atoms in total. The molecule has 0 bridgehead atoms. The number of benzene rings is 2. The lowest BCUT2D eigenvalue weighted by atomic mass is 9.87. The number of hydrogen-bond donors (Lipinski definition) is 2. The Hall–Kier alpha value is -3.31. The van der Waals surface area contributed by atoms with Gasteiger partial charge >= 0.3 is 6.09 Å². The van der Waals surface area contributed by atoms with Crippen LogP contribution in [0.2, 0.25) is 5.02 Å². The van der Waals surface area contributed by atoms with Crippen LogP contribution in [0.3, 0.4) is 0 Å². The van der Waals surface area contributed by atoms with Crippen molar-refractivity contribution in [2.75, 3.05) is 11.4 Å². The van der Waals surface area contributed by atoms with Crippen molar-refractivity contribution in [1.82, 2.24) is 10.2 Å². The zero-order valence-corrected chi connectivity index (χ0v) is 23.0. The number of aliphatic hydroxyl groups excluding tert-OH is 1. The Morgan fingerprint density at radius 1 is 1.15 bits per heavy atom. The van der Waals surface area contributed by atoms with Gasteiger partial charge in [0.1, 0.15) is 23.5 Å². The van der Waals surface area contributed by atoms with E-state index in [1.807, 2.05) is 0 Å². The number of nitrogens with zero attached hydrogens (tertiary/aromatic N) is 2. The van der Waals surface area contributed by atoms with Crippen LogP contribution in [0.25, 0.3) is 0 Å². The summed E-state index contributed by atoms with van der Waals surface area (Å²) in [6.07, 6.45) is -3.22. The minimum Gasteiger partial charge on any atom is -0.444 e. The minimum absolute atomic E-state index is 0.0328. The number of halogens is 4. The highest BCUT2D eigenvalue weighted by molar-refractivity contribution is 6.31. The van der Waals surface area contributed by atoms with Crippen molar-refractivity contribution in [3.05, 3.63) is 64.9 Å². The molecule has 2 fully saturated rings. The molecular weight excluding hydrogens is 551 g/mol. The Balaban J connectivity index is 1.79. The maximum atomic E-state index is 14.5. The molecule has 4 rings (SSSR count). The molecule has 1 heterocycles. The van der Waals surface area contributed by atoms with E-state index in [0.717, 1.165) is 21.9 Å².